The summed E-state index contributed by atoms with van der Waals surface area (Å²) >= 11 is 0. The zero-order chi connectivity index (χ0) is 22.5. The first-order valence-corrected chi connectivity index (χ1v) is 10.1. The molecule has 0 radical (unpaired) electrons. The maximum Gasteiger partial charge on any atom is 0.340 e. The van der Waals surface area contributed by atoms with Crippen LogP contribution in [0, 0.1) is 0 Å². The van der Waals surface area contributed by atoms with Gasteiger partial charge in [-0.3, -0.25) is 4.79 Å². The molecule has 1 amide bonds. The van der Waals surface area contributed by atoms with Crippen molar-refractivity contribution in [2.75, 3.05) is 13.1 Å². The van der Waals surface area contributed by atoms with Crippen LogP contribution in [0.5, 0.6) is 23.0 Å². The highest BCUT2D eigenvalue weighted by Gasteiger charge is 2.53. The van der Waals surface area contributed by atoms with Crippen LogP contribution in [0.15, 0.2) is 54.6 Å². The predicted molar refractivity (Wildman–Crippen MR) is 114 cm³/mol. The van der Waals surface area contributed by atoms with Gasteiger partial charge in [0.2, 0.25) is 0 Å². The second-order valence-corrected chi connectivity index (χ2v) is 7.69. The molecule has 2 heterocycles. The van der Waals surface area contributed by atoms with Crippen LogP contribution in [0.2, 0.25) is 0 Å². The highest BCUT2D eigenvalue weighted by molar-refractivity contribution is 6.01. The van der Waals surface area contributed by atoms with Crippen molar-refractivity contribution in [3.8, 4) is 23.0 Å². The maximum atomic E-state index is 13.0. The summed E-state index contributed by atoms with van der Waals surface area (Å²) in [4.78, 5) is 25.5. The number of ether oxygens (including phenoxy) is 2. The number of carbonyl (C=O) groups excluding carboxylic acids is 2. The van der Waals surface area contributed by atoms with Crippen LogP contribution in [0.1, 0.15) is 43.8 Å². The zero-order valence-electron chi connectivity index (χ0n) is 16.9. The van der Waals surface area contributed by atoms with Gasteiger partial charge in [-0.15, -0.1) is 0 Å². The maximum absolute atomic E-state index is 13.0. The minimum absolute atomic E-state index is 0.0171. The third-order valence-electron chi connectivity index (χ3n) is 5.70. The number of fused-ring (bicyclic) bond motifs is 6. The molecule has 2 aliphatic rings. The number of rotatable bonds is 4. The number of esters is 1. The number of phenolic OH excluding ortho intramolecular Hbond substituents is 2. The van der Waals surface area contributed by atoms with E-state index in [0.29, 0.717) is 53.3 Å². The molecule has 2 aliphatic heterocycles. The number of benzene rings is 3. The molecule has 8 nitrogen and oxygen atoms in total. The molecule has 8 heteroatoms. The summed E-state index contributed by atoms with van der Waals surface area (Å²) in [5.74, 6) is -0.331. The Kier molecular flexibility index (Phi) is 4.53. The number of amides is 1. The molecule has 0 bridgehead atoms. The minimum atomic E-state index is -1.34. The highest BCUT2D eigenvalue weighted by atomic mass is 16.6. The third kappa shape index (κ3) is 2.88. The number of hydrogen-bond donors (Lipinski definition) is 4. The Morgan fingerprint density at radius 3 is 2.19 bits per heavy atom. The fourth-order valence-electron chi connectivity index (χ4n) is 4.25. The molecule has 0 atom stereocenters. The Morgan fingerprint density at radius 1 is 0.938 bits per heavy atom. The van der Waals surface area contributed by atoms with E-state index in [9.17, 15) is 19.8 Å². The van der Waals surface area contributed by atoms with E-state index in [-0.39, 0.29) is 23.0 Å². The van der Waals surface area contributed by atoms with E-state index in [1.807, 2.05) is 0 Å². The molecule has 0 aliphatic carbocycles. The van der Waals surface area contributed by atoms with Gasteiger partial charge in [0.25, 0.3) is 5.91 Å². The first kappa shape index (κ1) is 19.9. The van der Waals surface area contributed by atoms with Crippen molar-refractivity contribution in [1.82, 2.24) is 5.32 Å². The SMILES string of the molecule is NCCCNC(=O)c1ccc2c(c1)C(=O)OC21c2ccc(O)cc2Oc2cc(O)ccc21. The van der Waals surface area contributed by atoms with Gasteiger partial charge in [0.15, 0.2) is 5.60 Å². The molecule has 0 aromatic heterocycles. The molecule has 1 spiro atoms. The van der Waals surface area contributed by atoms with Crippen molar-refractivity contribution in [2.45, 2.75) is 12.0 Å². The lowest BCUT2D eigenvalue weighted by molar-refractivity contribution is 0.0224. The van der Waals surface area contributed by atoms with Gasteiger partial charge in [-0.05, 0) is 49.4 Å². The number of hydrogen-bond acceptors (Lipinski definition) is 7. The van der Waals surface area contributed by atoms with Crippen LogP contribution in [-0.2, 0) is 10.3 Å². The monoisotopic (exact) mass is 432 g/mol. The van der Waals surface area contributed by atoms with Crippen LogP contribution in [0.4, 0.5) is 0 Å². The van der Waals surface area contributed by atoms with E-state index < -0.39 is 11.6 Å². The van der Waals surface area contributed by atoms with Crippen molar-refractivity contribution in [3.63, 3.8) is 0 Å². The third-order valence-corrected chi connectivity index (χ3v) is 5.70. The largest absolute Gasteiger partial charge is 0.508 e. The van der Waals surface area contributed by atoms with Crippen LogP contribution < -0.4 is 15.8 Å². The van der Waals surface area contributed by atoms with Gasteiger partial charge in [0.1, 0.15) is 23.0 Å². The Bertz CT molecular complexity index is 1220. The first-order chi connectivity index (χ1) is 15.4. The Hall–Kier alpha value is -4.04. The van der Waals surface area contributed by atoms with E-state index in [4.69, 9.17) is 15.2 Å². The fraction of sp³-hybridized carbons (Fsp3) is 0.167. The lowest BCUT2D eigenvalue weighted by atomic mass is 9.77. The minimum Gasteiger partial charge on any atom is -0.508 e. The quantitative estimate of drug-likeness (QED) is 0.368. The van der Waals surface area contributed by atoms with Gasteiger partial charge in [-0.2, -0.15) is 0 Å². The number of nitrogens with one attached hydrogen (secondary N) is 1. The Morgan fingerprint density at radius 2 is 1.56 bits per heavy atom. The topological polar surface area (TPSA) is 131 Å². The van der Waals surface area contributed by atoms with Gasteiger partial charge in [0, 0.05) is 40.9 Å². The van der Waals surface area contributed by atoms with Crippen LogP contribution in [0.3, 0.4) is 0 Å². The molecule has 5 rings (SSSR count). The number of nitrogens with two attached hydrogens (primary N) is 1. The van der Waals surface area contributed by atoms with Gasteiger partial charge in [-0.1, -0.05) is 6.07 Å². The number of aromatic hydroxyl groups is 2. The van der Waals surface area contributed by atoms with E-state index in [0.717, 1.165) is 0 Å². The van der Waals surface area contributed by atoms with E-state index in [2.05, 4.69) is 5.32 Å². The predicted octanol–water partition coefficient (Wildman–Crippen LogP) is 2.74. The molecule has 5 N–H and O–H groups in total. The van der Waals surface area contributed by atoms with Gasteiger partial charge < -0.3 is 30.7 Å². The summed E-state index contributed by atoms with van der Waals surface area (Å²) in [6.07, 6.45) is 0.648. The molecule has 0 unspecified atom stereocenters. The molecule has 0 fully saturated rings. The summed E-state index contributed by atoms with van der Waals surface area (Å²) in [5, 5.41) is 22.7. The fourth-order valence-corrected chi connectivity index (χ4v) is 4.25. The van der Waals surface area contributed by atoms with Gasteiger partial charge >= 0.3 is 5.97 Å². The van der Waals surface area contributed by atoms with Crippen molar-refractivity contribution >= 4 is 11.9 Å². The van der Waals surface area contributed by atoms with Crippen molar-refractivity contribution in [1.29, 1.82) is 0 Å². The summed E-state index contributed by atoms with van der Waals surface area (Å²) < 4.78 is 11.9. The molecule has 0 saturated heterocycles. The molecule has 32 heavy (non-hydrogen) atoms. The lowest BCUT2D eigenvalue weighted by Gasteiger charge is -2.36. The van der Waals surface area contributed by atoms with Crippen molar-refractivity contribution in [3.05, 3.63) is 82.4 Å². The number of carbonyl (C=O) groups is 2. The standard InChI is InChI=1S/C24H20N2O6/c25-8-1-9-26-22(29)13-2-5-17-16(10-13)23(30)32-24(17)18-6-3-14(27)11-20(18)31-21-12-15(28)4-7-19(21)24/h2-7,10-12,27-28H,1,8-9,25H2,(H,26,29). The lowest BCUT2D eigenvalue weighted by Crippen LogP contribution is -2.33. The zero-order valence-corrected chi connectivity index (χ0v) is 16.9. The second-order valence-electron chi connectivity index (χ2n) is 7.69. The molecular formula is C24H20N2O6. The van der Waals surface area contributed by atoms with Gasteiger partial charge in [0.05, 0.1) is 5.56 Å². The van der Waals surface area contributed by atoms with Gasteiger partial charge in [-0.25, -0.2) is 4.79 Å². The van der Waals surface area contributed by atoms with Crippen molar-refractivity contribution in [2.24, 2.45) is 5.73 Å². The first-order valence-electron chi connectivity index (χ1n) is 10.1. The Labute approximate surface area is 183 Å². The van der Waals surface area contributed by atoms with Crippen LogP contribution in [-0.4, -0.2) is 35.2 Å². The molecule has 3 aromatic carbocycles. The summed E-state index contributed by atoms with van der Waals surface area (Å²) in [5.41, 5.74) is 6.32. The van der Waals surface area contributed by atoms with E-state index in [1.165, 1.54) is 30.3 Å². The highest BCUT2D eigenvalue weighted by Crippen LogP contribution is 2.57. The van der Waals surface area contributed by atoms with E-state index in [1.54, 1.807) is 24.3 Å². The normalized spacial score (nSPS) is 14.7. The van der Waals surface area contributed by atoms with Crippen LogP contribution in [0.25, 0.3) is 0 Å². The van der Waals surface area contributed by atoms with Crippen LogP contribution >= 0.6 is 0 Å². The Balaban J connectivity index is 1.68. The average Bonchev–Trinajstić information content (AvgIpc) is 3.06. The molecule has 0 saturated carbocycles. The number of phenols is 2. The average molecular weight is 432 g/mol. The molecule has 3 aromatic rings. The second kappa shape index (κ2) is 7.28. The molecular weight excluding hydrogens is 412 g/mol. The summed E-state index contributed by atoms with van der Waals surface area (Å²) in [7, 11) is 0. The van der Waals surface area contributed by atoms with Crippen molar-refractivity contribution < 1.29 is 29.3 Å². The summed E-state index contributed by atoms with van der Waals surface area (Å²) in [6.45, 7) is 0.900. The summed E-state index contributed by atoms with van der Waals surface area (Å²) in [6, 6.07) is 13.9. The molecule has 162 valence electrons. The van der Waals surface area contributed by atoms with E-state index >= 15 is 0 Å². The smallest absolute Gasteiger partial charge is 0.340 e.